The van der Waals surface area contributed by atoms with Crippen molar-refractivity contribution in [2.45, 2.75) is 50.7 Å². The Hall–Kier alpha value is -3.42. The minimum absolute atomic E-state index is 0.0200. The van der Waals surface area contributed by atoms with Gasteiger partial charge in [0.15, 0.2) is 0 Å². The zero-order valence-corrected chi connectivity index (χ0v) is 18.9. The molecule has 3 aliphatic rings. The first kappa shape index (κ1) is 21.4. The van der Waals surface area contributed by atoms with E-state index in [2.05, 4.69) is 15.2 Å². The molecule has 0 spiro atoms. The zero-order chi connectivity index (χ0) is 23.0. The molecule has 1 aromatic carbocycles. The maximum absolute atomic E-state index is 13.3. The van der Waals surface area contributed by atoms with Gasteiger partial charge in [0.25, 0.3) is 5.91 Å². The van der Waals surface area contributed by atoms with Gasteiger partial charge in [-0.25, -0.2) is 4.98 Å². The van der Waals surface area contributed by atoms with Crippen molar-refractivity contribution in [2.75, 3.05) is 29.4 Å². The predicted octanol–water partition coefficient (Wildman–Crippen LogP) is 2.56. The minimum Gasteiger partial charge on any atom is -0.356 e. The Labute approximate surface area is 193 Å². The molecule has 172 valence electrons. The number of fused-ring (bicyclic) bond motifs is 3. The van der Waals surface area contributed by atoms with E-state index in [9.17, 15) is 14.4 Å². The van der Waals surface area contributed by atoms with Gasteiger partial charge in [0.05, 0.1) is 11.3 Å². The highest BCUT2D eigenvalue weighted by molar-refractivity contribution is 6.10. The quantitative estimate of drug-likeness (QED) is 0.761. The van der Waals surface area contributed by atoms with Crippen LogP contribution in [0, 0.1) is 0 Å². The fourth-order valence-electron chi connectivity index (χ4n) is 5.35. The van der Waals surface area contributed by atoms with Gasteiger partial charge in [-0.15, -0.1) is 0 Å². The van der Waals surface area contributed by atoms with Gasteiger partial charge in [-0.1, -0.05) is 18.2 Å². The van der Waals surface area contributed by atoms with E-state index in [1.807, 2.05) is 43.3 Å². The number of pyridine rings is 1. The van der Waals surface area contributed by atoms with E-state index >= 15 is 0 Å². The number of aromatic nitrogens is 1. The summed E-state index contributed by atoms with van der Waals surface area (Å²) in [6, 6.07) is 13.3. The Morgan fingerprint density at radius 2 is 1.88 bits per heavy atom. The van der Waals surface area contributed by atoms with Crippen molar-refractivity contribution in [1.29, 1.82) is 0 Å². The molecule has 2 aromatic rings. The van der Waals surface area contributed by atoms with Crippen LogP contribution in [0.5, 0.6) is 0 Å². The fraction of sp³-hybridized carbons (Fsp3) is 0.440. The van der Waals surface area contributed by atoms with E-state index in [-0.39, 0.29) is 36.7 Å². The van der Waals surface area contributed by atoms with Gasteiger partial charge in [-0.3, -0.25) is 19.3 Å². The Morgan fingerprint density at radius 3 is 2.64 bits per heavy atom. The van der Waals surface area contributed by atoms with E-state index in [4.69, 9.17) is 0 Å². The van der Waals surface area contributed by atoms with Crippen LogP contribution in [0.25, 0.3) is 0 Å². The summed E-state index contributed by atoms with van der Waals surface area (Å²) in [5.74, 6) is 0.814. The highest BCUT2D eigenvalue weighted by atomic mass is 16.2. The molecule has 1 N–H and O–H groups in total. The first-order valence-corrected chi connectivity index (χ1v) is 11.7. The van der Waals surface area contributed by atoms with Crippen LogP contribution in [0.15, 0.2) is 48.7 Å². The van der Waals surface area contributed by atoms with Crippen LogP contribution in [0.2, 0.25) is 0 Å². The van der Waals surface area contributed by atoms with Crippen LogP contribution >= 0.6 is 0 Å². The monoisotopic (exact) mass is 447 g/mol. The number of anilines is 2. The summed E-state index contributed by atoms with van der Waals surface area (Å²) < 4.78 is 0. The lowest BCUT2D eigenvalue weighted by Gasteiger charge is -2.48. The molecule has 0 unspecified atom stereocenters. The number of amides is 3. The van der Waals surface area contributed by atoms with Crippen LogP contribution in [-0.4, -0.2) is 58.9 Å². The van der Waals surface area contributed by atoms with Crippen molar-refractivity contribution < 1.29 is 14.4 Å². The lowest BCUT2D eigenvalue weighted by molar-refractivity contribution is -0.122. The third-order valence-electron chi connectivity index (χ3n) is 7.14. The molecule has 0 aliphatic carbocycles. The molecular weight excluding hydrogens is 418 g/mol. The van der Waals surface area contributed by atoms with Gasteiger partial charge in [-0.2, -0.15) is 0 Å². The molecule has 1 aromatic heterocycles. The van der Waals surface area contributed by atoms with Crippen LogP contribution in [0.4, 0.5) is 11.5 Å². The van der Waals surface area contributed by atoms with Crippen LogP contribution in [0.3, 0.4) is 0 Å². The minimum atomic E-state index is -0.725. The summed E-state index contributed by atoms with van der Waals surface area (Å²) in [4.78, 5) is 48.8. The Bertz CT molecular complexity index is 1070. The summed E-state index contributed by atoms with van der Waals surface area (Å²) in [6.45, 7) is 3.90. The normalized spacial score (nSPS) is 22.9. The molecular formula is C25H29N5O3. The van der Waals surface area contributed by atoms with Crippen LogP contribution in [0.1, 0.15) is 49.4 Å². The second-order valence-corrected chi connectivity index (χ2v) is 9.19. The summed E-state index contributed by atoms with van der Waals surface area (Å²) in [5, 5.41) is 3.14. The first-order chi connectivity index (χ1) is 16.0. The van der Waals surface area contributed by atoms with Gasteiger partial charge in [0.2, 0.25) is 11.8 Å². The number of hydrogen-bond donors (Lipinski definition) is 1. The Balaban J connectivity index is 1.20. The van der Waals surface area contributed by atoms with E-state index in [1.165, 1.54) is 0 Å². The number of carbonyl (C=O) groups excluding carboxylic acids is 3. The van der Waals surface area contributed by atoms with Gasteiger partial charge >= 0.3 is 0 Å². The number of carbonyl (C=O) groups is 3. The Kier molecular flexibility index (Phi) is 5.52. The third-order valence-corrected chi connectivity index (χ3v) is 7.14. The number of nitrogens with zero attached hydrogens (tertiary/aromatic N) is 4. The van der Waals surface area contributed by atoms with E-state index in [0.29, 0.717) is 24.1 Å². The van der Waals surface area contributed by atoms with Gasteiger partial charge in [0.1, 0.15) is 11.5 Å². The van der Waals surface area contributed by atoms with Crippen molar-refractivity contribution in [3.63, 3.8) is 0 Å². The standard InChI is InChI=1S/C25H29N5O3/c1-25-13-9-23(32)30(25)20-7-3-2-6-19(20)24(33)29(25)17-12-22(31)27-18-10-15-28(16-11-18)21-8-4-5-14-26-21/h2-8,14,18H,9-13,15-17H2,1H3,(H,27,31)/t25-/m0/s1. The molecule has 1 atom stereocenters. The lowest BCUT2D eigenvalue weighted by atomic mass is 9.98. The Morgan fingerprint density at radius 1 is 1.12 bits per heavy atom. The molecule has 4 heterocycles. The number of benzene rings is 1. The number of rotatable bonds is 5. The summed E-state index contributed by atoms with van der Waals surface area (Å²) >= 11 is 0. The average Bonchev–Trinajstić information content (AvgIpc) is 3.15. The topological polar surface area (TPSA) is 85.8 Å². The molecule has 3 amide bonds. The molecule has 8 nitrogen and oxygen atoms in total. The zero-order valence-electron chi connectivity index (χ0n) is 18.9. The summed E-state index contributed by atoms with van der Waals surface area (Å²) in [7, 11) is 0. The molecule has 3 aliphatic heterocycles. The molecule has 0 radical (unpaired) electrons. The number of para-hydroxylation sites is 1. The molecule has 8 heteroatoms. The second kappa shape index (κ2) is 8.50. The van der Waals surface area contributed by atoms with Crippen LogP contribution < -0.4 is 15.1 Å². The average molecular weight is 448 g/mol. The summed E-state index contributed by atoms with van der Waals surface area (Å²) in [6.07, 6.45) is 4.70. The van der Waals surface area contributed by atoms with Gasteiger partial charge in [0, 0.05) is 44.7 Å². The molecule has 5 rings (SSSR count). The molecule has 0 saturated carbocycles. The molecule has 0 bridgehead atoms. The van der Waals surface area contributed by atoms with Gasteiger partial charge < -0.3 is 15.1 Å². The SMILES string of the molecule is C[C@@]12CCC(=O)N1c1ccccc1C(=O)N2CCC(=O)NC1CCN(c2ccccn2)CC1. The highest BCUT2D eigenvalue weighted by Gasteiger charge is 2.52. The van der Waals surface area contributed by atoms with Crippen LogP contribution in [-0.2, 0) is 9.59 Å². The smallest absolute Gasteiger partial charge is 0.257 e. The third kappa shape index (κ3) is 3.83. The van der Waals surface area contributed by atoms with Crippen molar-refractivity contribution >= 4 is 29.2 Å². The van der Waals surface area contributed by atoms with Crippen molar-refractivity contribution in [2.24, 2.45) is 0 Å². The van der Waals surface area contributed by atoms with Crippen molar-refractivity contribution in [3.8, 4) is 0 Å². The fourth-order valence-corrected chi connectivity index (χ4v) is 5.35. The largest absolute Gasteiger partial charge is 0.356 e. The number of nitrogens with one attached hydrogen (secondary N) is 1. The maximum Gasteiger partial charge on any atom is 0.257 e. The van der Waals surface area contributed by atoms with E-state index < -0.39 is 5.66 Å². The maximum atomic E-state index is 13.3. The molecule has 33 heavy (non-hydrogen) atoms. The van der Waals surface area contributed by atoms with E-state index in [1.54, 1.807) is 22.1 Å². The highest BCUT2D eigenvalue weighted by Crippen LogP contribution is 2.43. The molecule has 2 fully saturated rings. The van der Waals surface area contributed by atoms with Crippen molar-refractivity contribution in [1.82, 2.24) is 15.2 Å². The number of piperidine rings is 1. The second-order valence-electron chi connectivity index (χ2n) is 9.19. The van der Waals surface area contributed by atoms with E-state index in [0.717, 1.165) is 31.7 Å². The predicted molar refractivity (Wildman–Crippen MR) is 125 cm³/mol. The summed E-state index contributed by atoms with van der Waals surface area (Å²) in [5.41, 5.74) is 0.469. The lowest BCUT2D eigenvalue weighted by Crippen LogP contribution is -2.62. The van der Waals surface area contributed by atoms with Gasteiger partial charge in [-0.05, 0) is 50.5 Å². The molecule has 2 saturated heterocycles. The first-order valence-electron chi connectivity index (χ1n) is 11.7. The number of hydrogen-bond acceptors (Lipinski definition) is 5. The van der Waals surface area contributed by atoms with Crippen molar-refractivity contribution in [3.05, 3.63) is 54.2 Å².